The maximum atomic E-state index is 12.0. The van der Waals surface area contributed by atoms with Crippen molar-refractivity contribution >= 4 is 11.9 Å². The quantitative estimate of drug-likeness (QED) is 0.775. The Morgan fingerprint density at radius 3 is 2.61 bits per heavy atom. The number of likely N-dealkylation sites (tertiary alicyclic amines) is 1. The first-order valence-corrected chi connectivity index (χ1v) is 6.93. The van der Waals surface area contributed by atoms with Gasteiger partial charge in [-0.25, -0.2) is 4.79 Å². The molecule has 1 heterocycles. The fraction of sp³-hybridized carbons (Fsp3) is 0.857. The molecular formula is C14H25NO3. The fourth-order valence-corrected chi connectivity index (χ4v) is 2.28. The Morgan fingerprint density at radius 2 is 2.00 bits per heavy atom. The van der Waals surface area contributed by atoms with Crippen LogP contribution >= 0.6 is 0 Å². The van der Waals surface area contributed by atoms with Gasteiger partial charge in [-0.1, -0.05) is 26.7 Å². The van der Waals surface area contributed by atoms with Crippen molar-refractivity contribution in [2.75, 3.05) is 13.2 Å². The molecule has 0 aromatic carbocycles. The van der Waals surface area contributed by atoms with E-state index in [1.54, 1.807) is 11.8 Å². The van der Waals surface area contributed by atoms with Crippen LogP contribution in [-0.4, -0.2) is 36.0 Å². The van der Waals surface area contributed by atoms with Gasteiger partial charge in [0.05, 0.1) is 6.61 Å². The third kappa shape index (κ3) is 5.07. The number of ether oxygens (including phenoxy) is 1. The zero-order valence-electron chi connectivity index (χ0n) is 11.8. The van der Waals surface area contributed by atoms with Crippen LogP contribution in [0.5, 0.6) is 0 Å². The first-order chi connectivity index (χ1) is 8.50. The van der Waals surface area contributed by atoms with Crippen molar-refractivity contribution in [2.45, 2.75) is 58.9 Å². The van der Waals surface area contributed by atoms with Gasteiger partial charge in [0.25, 0.3) is 0 Å². The maximum Gasteiger partial charge on any atom is 0.410 e. The molecule has 0 bridgehead atoms. The third-order valence-electron chi connectivity index (χ3n) is 3.17. The highest BCUT2D eigenvalue weighted by molar-refractivity contribution is 5.77. The second kappa shape index (κ2) is 7.39. The molecule has 4 nitrogen and oxygen atoms in total. The zero-order chi connectivity index (χ0) is 13.5. The highest BCUT2D eigenvalue weighted by Crippen LogP contribution is 2.20. The van der Waals surface area contributed by atoms with E-state index < -0.39 is 0 Å². The number of carbonyl (C=O) groups excluding carboxylic acids is 2. The van der Waals surface area contributed by atoms with Crippen molar-refractivity contribution in [1.82, 2.24) is 4.90 Å². The van der Waals surface area contributed by atoms with Crippen LogP contribution in [0.4, 0.5) is 4.79 Å². The van der Waals surface area contributed by atoms with Crippen molar-refractivity contribution in [3.63, 3.8) is 0 Å². The van der Waals surface area contributed by atoms with Gasteiger partial charge in [0.15, 0.2) is 0 Å². The number of amides is 1. The van der Waals surface area contributed by atoms with Gasteiger partial charge in [0.2, 0.25) is 0 Å². The number of nitrogens with zero attached hydrogens (tertiary/aromatic N) is 1. The second-order valence-corrected chi connectivity index (χ2v) is 5.57. The summed E-state index contributed by atoms with van der Waals surface area (Å²) in [4.78, 5) is 25.1. The van der Waals surface area contributed by atoms with E-state index in [-0.39, 0.29) is 17.9 Å². The van der Waals surface area contributed by atoms with E-state index >= 15 is 0 Å². The molecule has 1 aliphatic heterocycles. The molecule has 1 aliphatic rings. The fourth-order valence-electron chi connectivity index (χ4n) is 2.28. The van der Waals surface area contributed by atoms with Gasteiger partial charge in [0, 0.05) is 19.0 Å². The molecule has 1 fully saturated rings. The summed E-state index contributed by atoms with van der Waals surface area (Å²) < 4.78 is 5.29. The SMILES string of the molecule is CC(=O)CC1CCCCCN1C(=O)OCC(C)C. The van der Waals surface area contributed by atoms with E-state index in [0.29, 0.717) is 18.9 Å². The Kier molecular flexibility index (Phi) is 6.16. The summed E-state index contributed by atoms with van der Waals surface area (Å²) in [6, 6.07) is 0.0321. The molecule has 1 saturated heterocycles. The minimum atomic E-state index is -0.253. The van der Waals surface area contributed by atoms with Crippen molar-refractivity contribution in [2.24, 2.45) is 5.92 Å². The molecule has 104 valence electrons. The predicted octanol–water partition coefficient (Wildman–Crippen LogP) is 3.00. The van der Waals surface area contributed by atoms with Crippen LogP contribution in [0, 0.1) is 5.92 Å². The van der Waals surface area contributed by atoms with Crippen LogP contribution in [0.25, 0.3) is 0 Å². The molecule has 1 atom stereocenters. The van der Waals surface area contributed by atoms with Gasteiger partial charge < -0.3 is 9.64 Å². The first-order valence-electron chi connectivity index (χ1n) is 6.93. The molecule has 0 spiro atoms. The number of carbonyl (C=O) groups is 2. The van der Waals surface area contributed by atoms with Crippen LogP contribution < -0.4 is 0 Å². The largest absolute Gasteiger partial charge is 0.449 e. The van der Waals surface area contributed by atoms with Gasteiger partial charge in [-0.05, 0) is 25.7 Å². The molecule has 0 saturated carbocycles. The second-order valence-electron chi connectivity index (χ2n) is 5.57. The molecule has 0 aliphatic carbocycles. The van der Waals surface area contributed by atoms with Crippen LogP contribution in [0.2, 0.25) is 0 Å². The standard InChI is InChI=1S/C14H25NO3/c1-11(2)10-18-14(17)15-8-6-4-5-7-13(15)9-12(3)16/h11,13H,4-10H2,1-3H3. The van der Waals surface area contributed by atoms with Gasteiger partial charge >= 0.3 is 6.09 Å². The molecule has 0 radical (unpaired) electrons. The van der Waals surface area contributed by atoms with Crippen LogP contribution in [0.3, 0.4) is 0 Å². The van der Waals surface area contributed by atoms with E-state index in [1.165, 1.54) is 0 Å². The Hall–Kier alpha value is -1.06. The number of Topliss-reactive ketones (excluding diaryl/α,β-unsaturated/α-hetero) is 1. The molecule has 4 heteroatoms. The lowest BCUT2D eigenvalue weighted by Crippen LogP contribution is -2.41. The van der Waals surface area contributed by atoms with E-state index in [4.69, 9.17) is 4.74 Å². The summed E-state index contributed by atoms with van der Waals surface area (Å²) in [6.07, 6.45) is 4.34. The van der Waals surface area contributed by atoms with E-state index in [1.807, 2.05) is 13.8 Å². The topological polar surface area (TPSA) is 46.6 Å². The molecule has 1 rings (SSSR count). The number of ketones is 1. The normalized spacial score (nSPS) is 20.7. The summed E-state index contributed by atoms with van der Waals surface area (Å²) in [6.45, 7) is 6.78. The monoisotopic (exact) mass is 255 g/mol. The number of hydrogen-bond donors (Lipinski definition) is 0. The Balaban J connectivity index is 2.60. The average molecular weight is 255 g/mol. The Morgan fingerprint density at radius 1 is 1.28 bits per heavy atom. The summed E-state index contributed by atoms with van der Waals surface area (Å²) in [5.41, 5.74) is 0. The summed E-state index contributed by atoms with van der Waals surface area (Å²) in [7, 11) is 0. The molecule has 1 amide bonds. The highest BCUT2D eigenvalue weighted by Gasteiger charge is 2.27. The first kappa shape index (κ1) is 15.0. The molecule has 18 heavy (non-hydrogen) atoms. The zero-order valence-corrected chi connectivity index (χ0v) is 11.8. The Bertz CT molecular complexity index is 289. The predicted molar refractivity (Wildman–Crippen MR) is 70.4 cm³/mol. The van der Waals surface area contributed by atoms with E-state index in [9.17, 15) is 9.59 Å². The van der Waals surface area contributed by atoms with Crippen molar-refractivity contribution in [3.8, 4) is 0 Å². The molecular weight excluding hydrogens is 230 g/mol. The summed E-state index contributed by atoms with van der Waals surface area (Å²) in [5, 5.41) is 0. The highest BCUT2D eigenvalue weighted by atomic mass is 16.6. The van der Waals surface area contributed by atoms with Gasteiger partial charge in [0.1, 0.15) is 5.78 Å². The lowest BCUT2D eigenvalue weighted by Gasteiger charge is -2.28. The smallest absolute Gasteiger partial charge is 0.410 e. The van der Waals surface area contributed by atoms with Crippen LogP contribution in [-0.2, 0) is 9.53 Å². The third-order valence-corrected chi connectivity index (χ3v) is 3.17. The Labute approximate surface area is 110 Å². The molecule has 1 unspecified atom stereocenters. The maximum absolute atomic E-state index is 12.0. The lowest BCUT2D eigenvalue weighted by atomic mass is 10.0. The van der Waals surface area contributed by atoms with Crippen molar-refractivity contribution in [1.29, 1.82) is 0 Å². The van der Waals surface area contributed by atoms with Crippen LogP contribution in [0.1, 0.15) is 52.9 Å². The van der Waals surface area contributed by atoms with Gasteiger partial charge in [-0.3, -0.25) is 4.79 Å². The van der Waals surface area contributed by atoms with Crippen LogP contribution in [0.15, 0.2) is 0 Å². The van der Waals surface area contributed by atoms with Gasteiger partial charge in [-0.15, -0.1) is 0 Å². The minimum absolute atomic E-state index is 0.0321. The average Bonchev–Trinajstić information content (AvgIpc) is 2.50. The number of hydrogen-bond acceptors (Lipinski definition) is 3. The van der Waals surface area contributed by atoms with Crippen molar-refractivity contribution < 1.29 is 14.3 Å². The van der Waals surface area contributed by atoms with E-state index in [0.717, 1.165) is 32.2 Å². The van der Waals surface area contributed by atoms with Gasteiger partial charge in [-0.2, -0.15) is 0 Å². The molecule has 0 aromatic rings. The molecule has 0 aromatic heterocycles. The minimum Gasteiger partial charge on any atom is -0.449 e. The summed E-state index contributed by atoms with van der Waals surface area (Å²) in [5.74, 6) is 0.482. The van der Waals surface area contributed by atoms with E-state index in [2.05, 4.69) is 0 Å². The van der Waals surface area contributed by atoms with Crippen molar-refractivity contribution in [3.05, 3.63) is 0 Å². The summed E-state index contributed by atoms with van der Waals surface area (Å²) >= 11 is 0. The molecule has 0 N–H and O–H groups in total. The number of rotatable bonds is 4. The lowest BCUT2D eigenvalue weighted by molar-refractivity contribution is -0.118.